The van der Waals surface area contributed by atoms with E-state index in [1.54, 1.807) is 13.2 Å². The number of methoxy groups -OCH3 is 1. The van der Waals surface area contributed by atoms with E-state index in [1.807, 2.05) is 6.07 Å². The molecule has 0 amide bonds. The van der Waals surface area contributed by atoms with Gasteiger partial charge in [-0.05, 0) is 17.7 Å². The maximum absolute atomic E-state index is 12.3. The summed E-state index contributed by atoms with van der Waals surface area (Å²) in [5, 5.41) is 18.6. The van der Waals surface area contributed by atoms with Crippen LogP contribution in [0.2, 0.25) is 10.0 Å². The molecular weight excluding hydrogens is 405 g/mol. The van der Waals surface area contributed by atoms with Crippen LogP contribution < -0.4 is 14.3 Å². The average molecular weight is 422 g/mol. The molecule has 0 spiro atoms. The minimum absolute atomic E-state index is 0.0969. The molecule has 0 aliphatic carbocycles. The van der Waals surface area contributed by atoms with Crippen molar-refractivity contribution in [3.05, 3.63) is 57.2 Å². The number of ether oxygens (including phenoxy) is 3. The molecule has 3 heterocycles. The van der Waals surface area contributed by atoms with E-state index in [2.05, 4.69) is 10.1 Å². The molecule has 1 saturated heterocycles. The third-order valence-electron chi connectivity index (χ3n) is 4.62. The van der Waals surface area contributed by atoms with Crippen molar-refractivity contribution in [2.24, 2.45) is 0 Å². The van der Waals surface area contributed by atoms with E-state index in [1.165, 1.54) is 18.6 Å². The molecule has 0 bridgehead atoms. The van der Waals surface area contributed by atoms with E-state index < -0.39 is 0 Å². The van der Waals surface area contributed by atoms with Crippen LogP contribution in [-0.2, 0) is 11.2 Å². The molecule has 4 rings (SSSR count). The lowest BCUT2D eigenvalue weighted by molar-refractivity contribution is -0.668. The number of fused-ring (bicyclic) bond motifs is 1. The first kappa shape index (κ1) is 19.0. The van der Waals surface area contributed by atoms with E-state index in [4.69, 9.17) is 37.4 Å². The summed E-state index contributed by atoms with van der Waals surface area (Å²) in [4.78, 5) is 4.47. The molecule has 1 aliphatic rings. The summed E-state index contributed by atoms with van der Waals surface area (Å²) < 4.78 is 17.0. The van der Waals surface area contributed by atoms with Gasteiger partial charge < -0.3 is 19.4 Å². The highest BCUT2D eigenvalue weighted by Crippen LogP contribution is 2.38. The van der Waals surface area contributed by atoms with Crippen molar-refractivity contribution in [1.82, 2.24) is 10.1 Å². The zero-order valence-electron chi connectivity index (χ0n) is 15.0. The fourth-order valence-electron chi connectivity index (χ4n) is 3.23. The summed E-state index contributed by atoms with van der Waals surface area (Å²) in [5.74, 6) is 1.03. The maximum Gasteiger partial charge on any atom is 0.221 e. The van der Waals surface area contributed by atoms with Gasteiger partial charge in [-0.1, -0.05) is 28.0 Å². The van der Waals surface area contributed by atoms with Crippen LogP contribution >= 0.6 is 23.2 Å². The Labute approximate surface area is 171 Å². The van der Waals surface area contributed by atoms with E-state index in [0.29, 0.717) is 56.2 Å². The van der Waals surface area contributed by atoms with Gasteiger partial charge in [-0.25, -0.2) is 0 Å². The summed E-state index contributed by atoms with van der Waals surface area (Å²) in [7, 11) is 1.56. The van der Waals surface area contributed by atoms with Gasteiger partial charge in [0.1, 0.15) is 11.8 Å². The number of benzene rings is 1. The quantitative estimate of drug-likeness (QED) is 0.464. The van der Waals surface area contributed by atoms with Crippen LogP contribution in [0.25, 0.3) is 10.8 Å². The first-order valence-corrected chi connectivity index (χ1v) is 9.44. The van der Waals surface area contributed by atoms with Crippen molar-refractivity contribution >= 4 is 34.0 Å². The normalized spacial score (nSPS) is 16.5. The Balaban J connectivity index is 1.84. The molecule has 1 fully saturated rings. The van der Waals surface area contributed by atoms with Crippen LogP contribution in [0.1, 0.15) is 17.7 Å². The van der Waals surface area contributed by atoms with Crippen molar-refractivity contribution in [3.8, 4) is 11.5 Å². The summed E-state index contributed by atoms with van der Waals surface area (Å²) in [6.07, 6.45) is 5.35. The highest BCUT2D eigenvalue weighted by atomic mass is 35.5. The maximum atomic E-state index is 12.3. The number of hydrogen-bond acceptors (Lipinski definition) is 6. The number of nitrogens with zero attached hydrogens (tertiary/aromatic N) is 3. The van der Waals surface area contributed by atoms with Gasteiger partial charge in [0, 0.05) is 35.7 Å². The molecule has 1 aromatic carbocycles. The molecular formula is C19H17Cl2N3O4. The fraction of sp³-hybridized carbons (Fsp3) is 0.316. The highest BCUT2D eigenvalue weighted by molar-refractivity contribution is 6.35. The van der Waals surface area contributed by atoms with Gasteiger partial charge in [-0.2, -0.15) is 0 Å². The Morgan fingerprint density at radius 3 is 2.71 bits per heavy atom. The molecule has 2 aromatic heterocycles. The summed E-state index contributed by atoms with van der Waals surface area (Å²) in [5.41, 5.74) is 1.18. The van der Waals surface area contributed by atoms with Crippen molar-refractivity contribution in [1.29, 1.82) is 0 Å². The Hall–Kier alpha value is -2.35. The summed E-state index contributed by atoms with van der Waals surface area (Å²) in [6, 6.07) is 3.64. The van der Waals surface area contributed by atoms with Crippen molar-refractivity contribution in [3.63, 3.8) is 0 Å². The van der Waals surface area contributed by atoms with E-state index in [-0.39, 0.29) is 12.5 Å². The monoisotopic (exact) mass is 421 g/mol. The fourth-order valence-corrected chi connectivity index (χ4v) is 3.73. The predicted molar refractivity (Wildman–Crippen MR) is 104 cm³/mol. The molecule has 28 heavy (non-hydrogen) atoms. The minimum Gasteiger partial charge on any atom is -0.594 e. The van der Waals surface area contributed by atoms with Gasteiger partial charge in [-0.3, -0.25) is 4.98 Å². The molecule has 0 saturated carbocycles. The highest BCUT2D eigenvalue weighted by Gasteiger charge is 2.24. The minimum atomic E-state index is -0.0969. The Morgan fingerprint density at radius 2 is 2.04 bits per heavy atom. The van der Waals surface area contributed by atoms with Gasteiger partial charge in [-0.15, -0.1) is 0 Å². The lowest BCUT2D eigenvalue weighted by Crippen LogP contribution is -2.32. The first-order chi connectivity index (χ1) is 13.6. The van der Waals surface area contributed by atoms with Gasteiger partial charge in [0.25, 0.3) is 0 Å². The number of pyridine rings is 1. The Morgan fingerprint density at radius 1 is 1.25 bits per heavy atom. The molecule has 1 unspecified atom stereocenters. The summed E-state index contributed by atoms with van der Waals surface area (Å²) >= 11 is 12.5. The van der Waals surface area contributed by atoms with Gasteiger partial charge >= 0.3 is 0 Å². The number of aromatic nitrogens is 3. The molecule has 3 aromatic rings. The molecule has 0 N–H and O–H groups in total. The number of hydrogen-bond donors (Lipinski definition) is 0. The predicted octanol–water partition coefficient (Wildman–Crippen LogP) is 3.34. The molecule has 9 heteroatoms. The van der Waals surface area contributed by atoms with Crippen LogP contribution in [0.5, 0.6) is 11.5 Å². The standard InChI is InChI=1S/C19H17Cl2N3O4/c1-26-18-3-2-12-14(19(18)28-11-4-5-27-10-11)9-24(25)23-17(12)6-13-15(20)7-22-8-16(13)21/h2-3,7-9,11H,4-6,10H2,1H3. The van der Waals surface area contributed by atoms with Crippen molar-refractivity contribution < 1.29 is 19.1 Å². The van der Waals surface area contributed by atoms with E-state index in [9.17, 15) is 5.21 Å². The van der Waals surface area contributed by atoms with Crippen LogP contribution in [0.3, 0.4) is 0 Å². The molecule has 0 radical (unpaired) electrons. The van der Waals surface area contributed by atoms with Gasteiger partial charge in [0.15, 0.2) is 11.5 Å². The van der Waals surface area contributed by atoms with E-state index in [0.717, 1.165) is 11.8 Å². The van der Waals surface area contributed by atoms with Crippen LogP contribution in [-0.4, -0.2) is 36.5 Å². The topological polar surface area (TPSA) is 80.4 Å². The smallest absolute Gasteiger partial charge is 0.221 e. The second kappa shape index (κ2) is 7.95. The summed E-state index contributed by atoms with van der Waals surface area (Å²) in [6.45, 7) is 1.14. The lowest BCUT2D eigenvalue weighted by Gasteiger charge is -2.17. The molecule has 146 valence electrons. The van der Waals surface area contributed by atoms with Crippen LogP contribution in [0.4, 0.5) is 0 Å². The Bertz CT molecular complexity index is 1010. The molecule has 7 nitrogen and oxygen atoms in total. The van der Waals surface area contributed by atoms with Gasteiger partial charge in [0.05, 0.1) is 35.8 Å². The first-order valence-electron chi connectivity index (χ1n) is 8.69. The van der Waals surface area contributed by atoms with Crippen LogP contribution in [0.15, 0.2) is 30.7 Å². The number of rotatable bonds is 5. The second-order valence-corrected chi connectivity index (χ2v) is 7.21. The van der Waals surface area contributed by atoms with Gasteiger partial charge in [0.2, 0.25) is 6.20 Å². The zero-order valence-corrected chi connectivity index (χ0v) is 16.5. The van der Waals surface area contributed by atoms with Crippen molar-refractivity contribution in [2.45, 2.75) is 18.9 Å². The number of halogens is 2. The van der Waals surface area contributed by atoms with Crippen molar-refractivity contribution in [2.75, 3.05) is 20.3 Å². The van der Waals surface area contributed by atoms with Crippen LogP contribution in [0, 0.1) is 5.21 Å². The van der Waals surface area contributed by atoms with E-state index >= 15 is 0 Å². The third kappa shape index (κ3) is 3.65. The third-order valence-corrected chi connectivity index (χ3v) is 5.27. The second-order valence-electron chi connectivity index (χ2n) is 6.40. The lowest BCUT2D eigenvalue weighted by atomic mass is 10.0. The SMILES string of the molecule is COc1ccc2c(Cc3c(Cl)cncc3Cl)n[n+]([O-])cc2c1OC1CCOC1. The Kier molecular flexibility index (Phi) is 5.39. The molecule has 1 aliphatic heterocycles. The largest absolute Gasteiger partial charge is 0.594 e. The average Bonchev–Trinajstić information content (AvgIpc) is 3.18. The molecule has 1 atom stereocenters. The zero-order chi connectivity index (χ0) is 19.7.